The van der Waals surface area contributed by atoms with Gasteiger partial charge in [0, 0.05) is 13.2 Å². The predicted molar refractivity (Wildman–Crippen MR) is 57.0 cm³/mol. The van der Waals surface area contributed by atoms with Crippen molar-refractivity contribution in [1.82, 2.24) is 4.72 Å². The molecule has 5 nitrogen and oxygen atoms in total. The van der Waals surface area contributed by atoms with Crippen LogP contribution in [-0.4, -0.2) is 45.1 Å². The molecule has 0 amide bonds. The van der Waals surface area contributed by atoms with E-state index in [-0.39, 0.29) is 13.2 Å². The lowest BCUT2D eigenvalue weighted by molar-refractivity contribution is 0.129. The number of ether oxygens (including phenoxy) is 1. The maximum absolute atomic E-state index is 11.3. The summed E-state index contributed by atoms with van der Waals surface area (Å²) in [6, 6.07) is 0. The topological polar surface area (TPSA) is 75.6 Å². The summed E-state index contributed by atoms with van der Waals surface area (Å²) in [5.74, 6) is 0.693. The van der Waals surface area contributed by atoms with E-state index >= 15 is 0 Å². The van der Waals surface area contributed by atoms with Crippen molar-refractivity contribution in [3.63, 3.8) is 0 Å². The molecule has 0 spiro atoms. The molecule has 1 fully saturated rings. The Kier molecular flexibility index (Phi) is 4.98. The summed E-state index contributed by atoms with van der Waals surface area (Å²) in [5.41, 5.74) is 0. The van der Waals surface area contributed by atoms with Crippen LogP contribution in [0.5, 0.6) is 0 Å². The van der Waals surface area contributed by atoms with Crippen molar-refractivity contribution >= 4 is 10.0 Å². The average Bonchev–Trinajstić information content (AvgIpc) is 2.99. The van der Waals surface area contributed by atoms with E-state index in [4.69, 9.17) is 9.84 Å². The summed E-state index contributed by atoms with van der Waals surface area (Å²) in [5, 5.41) is 7.94. The Labute approximate surface area is 90.9 Å². The molecule has 15 heavy (non-hydrogen) atoms. The van der Waals surface area contributed by atoms with Crippen LogP contribution < -0.4 is 4.72 Å². The van der Waals surface area contributed by atoms with Gasteiger partial charge in [-0.2, -0.15) is 0 Å². The second-order valence-corrected chi connectivity index (χ2v) is 6.13. The highest BCUT2D eigenvalue weighted by atomic mass is 32.2. The molecule has 1 aliphatic carbocycles. The van der Waals surface area contributed by atoms with Gasteiger partial charge in [-0.1, -0.05) is 0 Å². The highest BCUT2D eigenvalue weighted by Crippen LogP contribution is 2.28. The zero-order valence-electron chi connectivity index (χ0n) is 8.98. The third kappa shape index (κ3) is 4.92. The number of aliphatic hydroxyl groups is 1. The standard InChI is InChI=1S/C9H19NO4S/c1-8(6-11)15(12,13)10-4-5-14-7-9-2-3-9/h8-11H,2-7H2,1H3. The highest BCUT2D eigenvalue weighted by Gasteiger charge is 2.21. The quantitative estimate of drug-likeness (QED) is 0.569. The third-order valence-electron chi connectivity index (χ3n) is 2.39. The van der Waals surface area contributed by atoms with Crippen LogP contribution in [0.25, 0.3) is 0 Å². The molecule has 0 bridgehead atoms. The maximum Gasteiger partial charge on any atom is 0.216 e. The van der Waals surface area contributed by atoms with Gasteiger partial charge < -0.3 is 9.84 Å². The molecule has 6 heteroatoms. The molecule has 1 aliphatic rings. The van der Waals surface area contributed by atoms with Crippen LogP contribution in [0, 0.1) is 5.92 Å². The number of hydrogen-bond acceptors (Lipinski definition) is 4. The molecule has 0 aliphatic heterocycles. The van der Waals surface area contributed by atoms with Gasteiger partial charge in [0.05, 0.1) is 18.5 Å². The Morgan fingerprint density at radius 3 is 2.73 bits per heavy atom. The van der Waals surface area contributed by atoms with Crippen molar-refractivity contribution in [2.24, 2.45) is 5.92 Å². The van der Waals surface area contributed by atoms with E-state index in [0.717, 1.165) is 6.61 Å². The van der Waals surface area contributed by atoms with E-state index in [1.165, 1.54) is 19.8 Å². The molecule has 1 atom stereocenters. The monoisotopic (exact) mass is 237 g/mol. The van der Waals surface area contributed by atoms with Crippen LogP contribution in [0.4, 0.5) is 0 Å². The Hall–Kier alpha value is -0.170. The lowest BCUT2D eigenvalue weighted by Crippen LogP contribution is -2.36. The van der Waals surface area contributed by atoms with E-state index in [0.29, 0.717) is 12.5 Å². The fourth-order valence-electron chi connectivity index (χ4n) is 1.03. The van der Waals surface area contributed by atoms with Crippen LogP contribution >= 0.6 is 0 Å². The van der Waals surface area contributed by atoms with Crippen molar-refractivity contribution in [3.8, 4) is 0 Å². The first-order valence-corrected chi connectivity index (χ1v) is 6.78. The fraction of sp³-hybridized carbons (Fsp3) is 1.00. The van der Waals surface area contributed by atoms with Gasteiger partial charge in [-0.25, -0.2) is 13.1 Å². The van der Waals surface area contributed by atoms with Crippen LogP contribution in [0.2, 0.25) is 0 Å². The number of aliphatic hydroxyl groups excluding tert-OH is 1. The summed E-state index contributed by atoms with van der Waals surface area (Å²) in [6.07, 6.45) is 2.46. The summed E-state index contributed by atoms with van der Waals surface area (Å²) in [4.78, 5) is 0. The zero-order chi connectivity index (χ0) is 11.3. The Morgan fingerprint density at radius 2 is 2.20 bits per heavy atom. The first kappa shape index (κ1) is 12.9. The minimum atomic E-state index is -3.38. The molecule has 0 aromatic heterocycles. The van der Waals surface area contributed by atoms with E-state index in [1.807, 2.05) is 0 Å². The highest BCUT2D eigenvalue weighted by molar-refractivity contribution is 7.90. The van der Waals surface area contributed by atoms with Gasteiger partial charge in [0.25, 0.3) is 0 Å². The van der Waals surface area contributed by atoms with Gasteiger partial charge in [-0.05, 0) is 25.7 Å². The lowest BCUT2D eigenvalue weighted by atomic mass is 10.5. The second-order valence-electron chi connectivity index (χ2n) is 3.95. The van der Waals surface area contributed by atoms with Gasteiger partial charge in [-0.15, -0.1) is 0 Å². The molecule has 1 rings (SSSR count). The van der Waals surface area contributed by atoms with Crippen molar-refractivity contribution in [2.45, 2.75) is 25.0 Å². The summed E-state index contributed by atoms with van der Waals surface area (Å²) < 4.78 is 30.4. The Bertz CT molecular complexity index is 274. The average molecular weight is 237 g/mol. The first-order valence-electron chi connectivity index (χ1n) is 5.23. The van der Waals surface area contributed by atoms with Gasteiger partial charge in [0.2, 0.25) is 10.0 Å². The number of nitrogens with one attached hydrogen (secondary N) is 1. The maximum atomic E-state index is 11.3. The van der Waals surface area contributed by atoms with Crippen LogP contribution in [0.1, 0.15) is 19.8 Å². The Balaban J connectivity index is 2.06. The molecular weight excluding hydrogens is 218 g/mol. The first-order chi connectivity index (χ1) is 7.06. The SMILES string of the molecule is CC(CO)S(=O)(=O)NCCOCC1CC1. The summed E-state index contributed by atoms with van der Waals surface area (Å²) >= 11 is 0. The molecule has 0 radical (unpaired) electrons. The fourth-order valence-corrected chi connectivity index (χ4v) is 1.88. The Morgan fingerprint density at radius 1 is 1.53 bits per heavy atom. The van der Waals surface area contributed by atoms with Gasteiger partial charge >= 0.3 is 0 Å². The molecule has 0 heterocycles. The molecule has 0 aromatic carbocycles. The van der Waals surface area contributed by atoms with Crippen molar-refractivity contribution < 1.29 is 18.3 Å². The summed E-state index contributed by atoms with van der Waals surface area (Å²) in [7, 11) is -3.38. The molecule has 1 saturated carbocycles. The van der Waals surface area contributed by atoms with E-state index in [9.17, 15) is 8.42 Å². The predicted octanol–water partition coefficient (Wildman–Crippen LogP) is -0.287. The smallest absolute Gasteiger partial charge is 0.216 e. The molecule has 0 saturated heterocycles. The number of rotatable bonds is 8. The minimum Gasteiger partial charge on any atom is -0.395 e. The van der Waals surface area contributed by atoms with E-state index in [2.05, 4.69) is 4.72 Å². The number of sulfonamides is 1. The third-order valence-corrected chi connectivity index (χ3v) is 4.20. The van der Waals surface area contributed by atoms with Gasteiger partial charge in [-0.3, -0.25) is 0 Å². The van der Waals surface area contributed by atoms with Crippen molar-refractivity contribution in [2.75, 3.05) is 26.4 Å². The largest absolute Gasteiger partial charge is 0.395 e. The van der Waals surface area contributed by atoms with E-state index in [1.54, 1.807) is 0 Å². The molecule has 2 N–H and O–H groups in total. The molecule has 90 valence electrons. The number of hydrogen-bond donors (Lipinski definition) is 2. The molecular formula is C9H19NO4S. The second kappa shape index (κ2) is 5.79. The van der Waals surface area contributed by atoms with Crippen molar-refractivity contribution in [3.05, 3.63) is 0 Å². The zero-order valence-corrected chi connectivity index (χ0v) is 9.79. The minimum absolute atomic E-state index is 0.277. The summed E-state index contributed by atoms with van der Waals surface area (Å²) in [6.45, 7) is 2.51. The van der Waals surface area contributed by atoms with Gasteiger partial charge in [0.1, 0.15) is 0 Å². The lowest BCUT2D eigenvalue weighted by Gasteiger charge is -2.11. The van der Waals surface area contributed by atoms with Crippen LogP contribution in [-0.2, 0) is 14.8 Å². The van der Waals surface area contributed by atoms with Crippen LogP contribution in [0.15, 0.2) is 0 Å². The van der Waals surface area contributed by atoms with Crippen LogP contribution in [0.3, 0.4) is 0 Å². The molecule has 0 aromatic rings. The normalized spacial score (nSPS) is 19.1. The molecule has 1 unspecified atom stereocenters. The van der Waals surface area contributed by atoms with Crippen molar-refractivity contribution in [1.29, 1.82) is 0 Å². The van der Waals surface area contributed by atoms with E-state index < -0.39 is 15.3 Å². The van der Waals surface area contributed by atoms with Gasteiger partial charge in [0.15, 0.2) is 0 Å².